The van der Waals surface area contributed by atoms with E-state index < -0.39 is 0 Å². The lowest BCUT2D eigenvalue weighted by atomic mass is 9.96. The van der Waals surface area contributed by atoms with Crippen molar-refractivity contribution in [2.45, 2.75) is 13.8 Å². The van der Waals surface area contributed by atoms with Gasteiger partial charge in [0, 0.05) is 33.8 Å². The Morgan fingerprint density at radius 2 is 0.818 bits per heavy atom. The first-order valence-electron chi connectivity index (χ1n) is 15.1. The van der Waals surface area contributed by atoms with Crippen molar-refractivity contribution in [1.29, 1.82) is 0 Å². The lowest BCUT2D eigenvalue weighted by Crippen LogP contribution is -2.10. The van der Waals surface area contributed by atoms with Crippen LogP contribution in [0.15, 0.2) is 170 Å². The highest BCUT2D eigenvalue weighted by Crippen LogP contribution is 2.43. The molecule has 212 valence electrons. The summed E-state index contributed by atoms with van der Waals surface area (Å²) in [5.74, 6) is 0. The van der Waals surface area contributed by atoms with E-state index in [0.717, 1.165) is 34.1 Å². The lowest BCUT2D eigenvalue weighted by molar-refractivity contribution is 1.27. The molecule has 0 atom stereocenters. The second-order valence-corrected chi connectivity index (χ2v) is 11.2. The highest BCUT2D eigenvalue weighted by atomic mass is 15.1. The molecule has 2 heteroatoms. The average molecular weight is 567 g/mol. The third-order valence-corrected chi connectivity index (χ3v) is 8.13. The van der Waals surface area contributed by atoms with Crippen LogP contribution in [-0.4, -0.2) is 0 Å². The second-order valence-electron chi connectivity index (χ2n) is 11.2. The second kappa shape index (κ2) is 11.9. The predicted molar refractivity (Wildman–Crippen MR) is 188 cm³/mol. The van der Waals surface area contributed by atoms with Crippen LogP contribution in [-0.2, 0) is 0 Å². The minimum atomic E-state index is 1.13. The summed E-state index contributed by atoms with van der Waals surface area (Å²) >= 11 is 0. The number of benzene rings is 7. The topological polar surface area (TPSA) is 6.48 Å². The fourth-order valence-electron chi connectivity index (χ4n) is 6.08. The van der Waals surface area contributed by atoms with Gasteiger partial charge in [0.25, 0.3) is 0 Å². The van der Waals surface area contributed by atoms with Crippen LogP contribution in [0.25, 0.3) is 21.9 Å². The minimum absolute atomic E-state index is 1.13. The van der Waals surface area contributed by atoms with Gasteiger partial charge < -0.3 is 9.80 Å². The standard InChI is InChI=1S/C42H34N2/c1-31-13-11-19-37(29-31)43(34-15-5-3-6-16-34)36-25-23-33(24-26-36)39-27-28-42(41-22-10-9-21-40(39)41)44(35-17-7-4-8-18-35)38-20-12-14-32(2)30-38/h3-30H,1-2H3. The van der Waals surface area contributed by atoms with Crippen molar-refractivity contribution in [3.63, 3.8) is 0 Å². The molecule has 2 nitrogen and oxygen atoms in total. The van der Waals surface area contributed by atoms with Gasteiger partial charge in [-0.1, -0.05) is 103 Å². The maximum absolute atomic E-state index is 2.36. The van der Waals surface area contributed by atoms with Crippen LogP contribution in [0.1, 0.15) is 11.1 Å². The highest BCUT2D eigenvalue weighted by Gasteiger charge is 2.18. The molecule has 0 saturated carbocycles. The van der Waals surface area contributed by atoms with Crippen LogP contribution in [0.3, 0.4) is 0 Å². The predicted octanol–water partition coefficient (Wildman–Crippen LogP) is 12.1. The molecule has 0 amide bonds. The smallest absolute Gasteiger partial charge is 0.0540 e. The van der Waals surface area contributed by atoms with Crippen LogP contribution in [0.5, 0.6) is 0 Å². The van der Waals surface area contributed by atoms with E-state index >= 15 is 0 Å². The van der Waals surface area contributed by atoms with E-state index in [-0.39, 0.29) is 0 Å². The number of aryl methyl sites for hydroxylation is 2. The Morgan fingerprint density at radius 1 is 0.341 bits per heavy atom. The van der Waals surface area contributed by atoms with Crippen molar-refractivity contribution in [2.75, 3.05) is 9.80 Å². The largest absolute Gasteiger partial charge is 0.310 e. The Labute approximate surface area is 260 Å². The van der Waals surface area contributed by atoms with Crippen LogP contribution < -0.4 is 9.80 Å². The molecule has 7 aromatic carbocycles. The highest BCUT2D eigenvalue weighted by molar-refractivity contribution is 6.06. The van der Waals surface area contributed by atoms with E-state index in [1.165, 1.54) is 33.0 Å². The number of nitrogens with zero attached hydrogens (tertiary/aromatic N) is 2. The van der Waals surface area contributed by atoms with Crippen molar-refractivity contribution in [3.8, 4) is 11.1 Å². The van der Waals surface area contributed by atoms with E-state index in [0.29, 0.717) is 0 Å². The third-order valence-electron chi connectivity index (χ3n) is 8.13. The molecule has 0 aliphatic carbocycles. The molecule has 7 rings (SSSR count). The maximum Gasteiger partial charge on any atom is 0.0540 e. The molecule has 0 fully saturated rings. The van der Waals surface area contributed by atoms with Crippen molar-refractivity contribution >= 4 is 44.9 Å². The molecular weight excluding hydrogens is 532 g/mol. The Kier molecular flexibility index (Phi) is 7.40. The number of para-hydroxylation sites is 2. The van der Waals surface area contributed by atoms with Crippen LogP contribution in [0.4, 0.5) is 34.1 Å². The lowest BCUT2D eigenvalue weighted by Gasteiger charge is -2.28. The van der Waals surface area contributed by atoms with Crippen molar-refractivity contribution in [2.24, 2.45) is 0 Å². The molecule has 0 heterocycles. The Hall–Kier alpha value is -5.60. The van der Waals surface area contributed by atoms with Crippen LogP contribution in [0.2, 0.25) is 0 Å². The Morgan fingerprint density at radius 3 is 1.41 bits per heavy atom. The van der Waals surface area contributed by atoms with Gasteiger partial charge in [-0.05, 0) is 108 Å². The summed E-state index contributed by atoms with van der Waals surface area (Å²) in [6.45, 7) is 4.29. The molecule has 0 aromatic heterocycles. The minimum Gasteiger partial charge on any atom is -0.310 e. The zero-order valence-electron chi connectivity index (χ0n) is 25.1. The van der Waals surface area contributed by atoms with Gasteiger partial charge >= 0.3 is 0 Å². The first-order valence-corrected chi connectivity index (χ1v) is 15.1. The molecule has 0 aliphatic rings. The van der Waals surface area contributed by atoms with Gasteiger partial charge in [-0.2, -0.15) is 0 Å². The summed E-state index contributed by atoms with van der Waals surface area (Å²) < 4.78 is 0. The van der Waals surface area contributed by atoms with Crippen LogP contribution >= 0.6 is 0 Å². The van der Waals surface area contributed by atoms with E-state index in [9.17, 15) is 0 Å². The van der Waals surface area contributed by atoms with Gasteiger partial charge in [0.05, 0.1) is 5.69 Å². The number of hydrogen-bond acceptors (Lipinski definition) is 2. The Balaban J connectivity index is 1.33. The number of fused-ring (bicyclic) bond motifs is 1. The van der Waals surface area contributed by atoms with Gasteiger partial charge in [0.2, 0.25) is 0 Å². The molecule has 0 radical (unpaired) electrons. The normalized spacial score (nSPS) is 11.0. The molecule has 0 N–H and O–H groups in total. The first-order chi connectivity index (χ1) is 21.7. The van der Waals surface area contributed by atoms with Gasteiger partial charge in [0.1, 0.15) is 0 Å². The zero-order chi connectivity index (χ0) is 29.9. The number of rotatable bonds is 7. The third kappa shape index (κ3) is 5.34. The van der Waals surface area contributed by atoms with E-state index in [2.05, 4.69) is 194 Å². The molecule has 0 saturated heterocycles. The average Bonchev–Trinajstić information content (AvgIpc) is 3.07. The number of hydrogen-bond donors (Lipinski definition) is 0. The maximum atomic E-state index is 2.36. The summed E-state index contributed by atoms with van der Waals surface area (Å²) in [5, 5.41) is 2.44. The summed E-state index contributed by atoms with van der Waals surface area (Å²) in [6, 6.07) is 60.9. The molecule has 0 unspecified atom stereocenters. The van der Waals surface area contributed by atoms with Crippen molar-refractivity contribution < 1.29 is 0 Å². The fourth-order valence-corrected chi connectivity index (χ4v) is 6.08. The monoisotopic (exact) mass is 566 g/mol. The van der Waals surface area contributed by atoms with Gasteiger partial charge in [-0.25, -0.2) is 0 Å². The SMILES string of the molecule is Cc1cccc(N(c2ccccc2)c2ccc(-c3ccc(N(c4ccccc4)c4cccc(C)c4)c4ccccc34)cc2)c1. The van der Waals surface area contributed by atoms with E-state index in [1.54, 1.807) is 0 Å². The number of anilines is 6. The molecule has 7 aromatic rings. The quantitative estimate of drug-likeness (QED) is 0.189. The van der Waals surface area contributed by atoms with Crippen LogP contribution in [0, 0.1) is 13.8 Å². The summed E-state index contributed by atoms with van der Waals surface area (Å²) in [7, 11) is 0. The fraction of sp³-hybridized carbons (Fsp3) is 0.0476. The molecule has 44 heavy (non-hydrogen) atoms. The zero-order valence-corrected chi connectivity index (χ0v) is 25.1. The molecule has 0 aliphatic heterocycles. The Bertz CT molecular complexity index is 2030. The van der Waals surface area contributed by atoms with Gasteiger partial charge in [0.15, 0.2) is 0 Å². The molecule has 0 spiro atoms. The van der Waals surface area contributed by atoms with E-state index in [4.69, 9.17) is 0 Å². The van der Waals surface area contributed by atoms with Crippen molar-refractivity contribution in [1.82, 2.24) is 0 Å². The van der Waals surface area contributed by atoms with Crippen molar-refractivity contribution in [3.05, 3.63) is 181 Å². The summed E-state index contributed by atoms with van der Waals surface area (Å²) in [4.78, 5) is 4.68. The van der Waals surface area contributed by atoms with Gasteiger partial charge in [-0.15, -0.1) is 0 Å². The van der Waals surface area contributed by atoms with E-state index in [1.807, 2.05) is 0 Å². The molecular formula is C42H34N2. The molecule has 0 bridgehead atoms. The summed E-state index contributed by atoms with van der Waals surface area (Å²) in [6.07, 6.45) is 0. The first kappa shape index (κ1) is 27.2. The van der Waals surface area contributed by atoms with Gasteiger partial charge in [-0.3, -0.25) is 0 Å². The summed E-state index contributed by atoms with van der Waals surface area (Å²) in [5.41, 5.74) is 11.7.